The Labute approximate surface area is 112 Å². The van der Waals surface area contributed by atoms with Crippen molar-refractivity contribution in [2.45, 2.75) is 37.0 Å². The first-order valence-electron chi connectivity index (χ1n) is 5.94. The Morgan fingerprint density at radius 2 is 2.00 bits per heavy atom. The fourth-order valence-corrected chi connectivity index (χ4v) is 4.05. The molecule has 0 radical (unpaired) electrons. The minimum atomic E-state index is -3.56. The van der Waals surface area contributed by atoms with Gasteiger partial charge in [0.15, 0.2) is 0 Å². The lowest BCUT2D eigenvalue weighted by atomic mass is 9.97. The highest BCUT2D eigenvalue weighted by Crippen LogP contribution is 2.26. The molecule has 1 fully saturated rings. The van der Waals surface area contributed by atoms with E-state index in [1.165, 1.54) is 0 Å². The molecule has 1 aliphatic carbocycles. The van der Waals surface area contributed by atoms with E-state index in [0.29, 0.717) is 23.6 Å². The van der Waals surface area contributed by atoms with E-state index in [2.05, 4.69) is 4.72 Å². The van der Waals surface area contributed by atoms with Crippen molar-refractivity contribution in [1.82, 2.24) is 0 Å². The van der Waals surface area contributed by atoms with Crippen LogP contribution in [0.5, 0.6) is 0 Å². The van der Waals surface area contributed by atoms with Crippen LogP contribution in [0.25, 0.3) is 0 Å². The standard InChI is InChI=1S/C12H16ClNO3S/c13-9-4-3-5-10(8-9)14-18(16,17)12-7-2-1-6-11(12)15/h3-5,8,11-12,14-15H,1-2,6-7H2. The van der Waals surface area contributed by atoms with Gasteiger partial charge in [-0.3, -0.25) is 4.72 Å². The van der Waals surface area contributed by atoms with Crippen molar-refractivity contribution in [1.29, 1.82) is 0 Å². The van der Waals surface area contributed by atoms with Gasteiger partial charge in [-0.2, -0.15) is 0 Å². The number of sulfonamides is 1. The lowest BCUT2D eigenvalue weighted by Crippen LogP contribution is -2.40. The average molecular weight is 290 g/mol. The summed E-state index contributed by atoms with van der Waals surface area (Å²) in [7, 11) is -3.56. The van der Waals surface area contributed by atoms with E-state index in [9.17, 15) is 13.5 Å². The number of nitrogens with one attached hydrogen (secondary N) is 1. The Kier molecular flexibility index (Phi) is 4.14. The molecule has 0 bridgehead atoms. The van der Waals surface area contributed by atoms with Crippen LogP contribution in [0.3, 0.4) is 0 Å². The quantitative estimate of drug-likeness (QED) is 0.898. The predicted octanol–water partition coefficient (Wildman–Crippen LogP) is 2.39. The Balaban J connectivity index is 2.16. The van der Waals surface area contributed by atoms with E-state index < -0.39 is 21.4 Å². The fourth-order valence-electron chi connectivity index (χ4n) is 2.23. The van der Waals surface area contributed by atoms with E-state index in [1.807, 2.05) is 0 Å². The molecule has 100 valence electrons. The highest BCUT2D eigenvalue weighted by molar-refractivity contribution is 7.93. The van der Waals surface area contributed by atoms with Crippen LogP contribution in [0.1, 0.15) is 25.7 Å². The first kappa shape index (κ1) is 13.6. The van der Waals surface area contributed by atoms with Crippen molar-refractivity contribution in [3.8, 4) is 0 Å². The first-order chi connectivity index (χ1) is 8.49. The second-order valence-corrected chi connectivity index (χ2v) is 6.88. The van der Waals surface area contributed by atoms with Crippen LogP contribution in [0.2, 0.25) is 5.02 Å². The summed E-state index contributed by atoms with van der Waals surface area (Å²) in [5.41, 5.74) is 0.431. The molecule has 0 saturated heterocycles. The zero-order valence-corrected chi connectivity index (χ0v) is 11.4. The molecular weight excluding hydrogens is 274 g/mol. The normalized spacial score (nSPS) is 24.8. The van der Waals surface area contributed by atoms with Crippen LogP contribution in [0, 0.1) is 0 Å². The Hall–Kier alpha value is -0.780. The minimum Gasteiger partial charge on any atom is -0.392 e. The number of hydrogen-bond acceptors (Lipinski definition) is 3. The summed E-state index contributed by atoms with van der Waals surface area (Å²) in [6, 6.07) is 6.54. The zero-order chi connectivity index (χ0) is 13.2. The molecule has 1 saturated carbocycles. The highest BCUT2D eigenvalue weighted by Gasteiger charge is 2.34. The third kappa shape index (κ3) is 3.16. The molecule has 1 aliphatic rings. The molecule has 2 N–H and O–H groups in total. The van der Waals surface area contributed by atoms with Gasteiger partial charge in [0.05, 0.1) is 6.10 Å². The van der Waals surface area contributed by atoms with Gasteiger partial charge in [-0.05, 0) is 31.0 Å². The van der Waals surface area contributed by atoms with Crippen LogP contribution >= 0.6 is 11.6 Å². The van der Waals surface area contributed by atoms with Crippen LogP contribution in [0.15, 0.2) is 24.3 Å². The van der Waals surface area contributed by atoms with Gasteiger partial charge in [0.2, 0.25) is 10.0 Å². The Bertz CT molecular complexity index is 518. The van der Waals surface area contributed by atoms with Gasteiger partial charge >= 0.3 is 0 Å². The molecule has 0 aromatic heterocycles. The van der Waals surface area contributed by atoms with Gasteiger partial charge in [0, 0.05) is 10.7 Å². The predicted molar refractivity (Wildman–Crippen MR) is 72.3 cm³/mol. The minimum absolute atomic E-state index is 0.431. The third-order valence-corrected chi connectivity index (χ3v) is 5.25. The Morgan fingerprint density at radius 3 is 2.67 bits per heavy atom. The largest absolute Gasteiger partial charge is 0.392 e. The second kappa shape index (κ2) is 5.47. The summed E-state index contributed by atoms with van der Waals surface area (Å²) in [5, 5.41) is 9.53. The third-order valence-electron chi connectivity index (χ3n) is 3.15. The topological polar surface area (TPSA) is 66.4 Å². The van der Waals surface area contributed by atoms with Gasteiger partial charge < -0.3 is 5.11 Å². The summed E-state index contributed by atoms with van der Waals surface area (Å²) in [5.74, 6) is 0. The first-order valence-corrected chi connectivity index (χ1v) is 7.87. The molecule has 4 nitrogen and oxygen atoms in total. The van der Waals surface area contributed by atoms with E-state index in [-0.39, 0.29) is 0 Å². The number of anilines is 1. The molecular formula is C12H16ClNO3S. The van der Waals surface area contributed by atoms with Crippen molar-refractivity contribution in [2.24, 2.45) is 0 Å². The van der Waals surface area contributed by atoms with Crippen LogP contribution in [-0.4, -0.2) is 24.9 Å². The number of hydrogen-bond donors (Lipinski definition) is 2. The highest BCUT2D eigenvalue weighted by atomic mass is 35.5. The molecule has 0 heterocycles. The molecule has 0 aliphatic heterocycles. The maximum atomic E-state index is 12.2. The van der Waals surface area contributed by atoms with E-state index in [1.54, 1.807) is 24.3 Å². The van der Waals surface area contributed by atoms with E-state index in [0.717, 1.165) is 12.8 Å². The van der Waals surface area contributed by atoms with Crippen LogP contribution in [0.4, 0.5) is 5.69 Å². The SMILES string of the molecule is O=S(=O)(Nc1cccc(Cl)c1)C1CCCCC1O. The van der Waals surface area contributed by atoms with Gasteiger partial charge in [0.25, 0.3) is 0 Å². The monoisotopic (exact) mass is 289 g/mol. The van der Waals surface area contributed by atoms with Crippen molar-refractivity contribution >= 4 is 27.3 Å². The lowest BCUT2D eigenvalue weighted by molar-refractivity contribution is 0.133. The lowest BCUT2D eigenvalue weighted by Gasteiger charge is -2.27. The van der Waals surface area contributed by atoms with Crippen molar-refractivity contribution in [2.75, 3.05) is 4.72 Å². The molecule has 1 aromatic carbocycles. The second-order valence-electron chi connectivity index (χ2n) is 4.55. The number of benzene rings is 1. The van der Waals surface area contributed by atoms with Gasteiger partial charge in [-0.25, -0.2) is 8.42 Å². The number of halogens is 1. The maximum absolute atomic E-state index is 12.2. The van der Waals surface area contributed by atoms with E-state index >= 15 is 0 Å². The van der Waals surface area contributed by atoms with Crippen molar-refractivity contribution in [3.63, 3.8) is 0 Å². The summed E-state index contributed by atoms with van der Waals surface area (Å²) in [6.07, 6.45) is 1.97. The van der Waals surface area contributed by atoms with Gasteiger partial charge in [-0.15, -0.1) is 0 Å². The van der Waals surface area contributed by atoms with Crippen molar-refractivity contribution < 1.29 is 13.5 Å². The van der Waals surface area contributed by atoms with Crippen LogP contribution < -0.4 is 4.72 Å². The molecule has 18 heavy (non-hydrogen) atoms. The summed E-state index contributed by atoms with van der Waals surface area (Å²) in [4.78, 5) is 0. The van der Waals surface area contributed by atoms with Gasteiger partial charge in [0.1, 0.15) is 5.25 Å². The number of aliphatic hydroxyl groups is 1. The van der Waals surface area contributed by atoms with Crippen LogP contribution in [-0.2, 0) is 10.0 Å². The molecule has 2 atom stereocenters. The molecule has 2 rings (SSSR count). The molecule has 0 spiro atoms. The van der Waals surface area contributed by atoms with E-state index in [4.69, 9.17) is 11.6 Å². The molecule has 0 amide bonds. The van der Waals surface area contributed by atoms with Crippen molar-refractivity contribution in [3.05, 3.63) is 29.3 Å². The number of rotatable bonds is 3. The molecule has 2 unspecified atom stereocenters. The summed E-state index contributed by atoms with van der Waals surface area (Å²) in [6.45, 7) is 0. The zero-order valence-electron chi connectivity index (χ0n) is 9.84. The smallest absolute Gasteiger partial charge is 0.238 e. The Morgan fingerprint density at radius 1 is 1.28 bits per heavy atom. The summed E-state index contributed by atoms with van der Waals surface area (Å²) < 4.78 is 26.8. The molecule has 6 heteroatoms. The average Bonchev–Trinajstić information content (AvgIpc) is 2.28. The fraction of sp³-hybridized carbons (Fsp3) is 0.500. The van der Waals surface area contributed by atoms with Gasteiger partial charge in [-0.1, -0.05) is 30.5 Å². The molecule has 1 aromatic rings. The maximum Gasteiger partial charge on any atom is 0.238 e. The number of aliphatic hydroxyl groups excluding tert-OH is 1. The summed E-state index contributed by atoms with van der Waals surface area (Å²) >= 11 is 5.80.